The third-order valence-corrected chi connectivity index (χ3v) is 6.49. The van der Waals surface area contributed by atoms with Gasteiger partial charge in [0, 0.05) is 35.4 Å². The zero-order valence-corrected chi connectivity index (χ0v) is 23.2. The monoisotopic (exact) mass is 527 g/mol. The second-order valence-corrected chi connectivity index (χ2v) is 10.2. The summed E-state index contributed by atoms with van der Waals surface area (Å²) in [5.74, 6) is 1.14. The number of rotatable bonds is 6. The van der Waals surface area contributed by atoms with Crippen LogP contribution in [0.2, 0.25) is 0 Å². The standard InChI is InChI=1S/C30H33N5O4/c1-18-8-9-19(28(36)33-21-12-10-20(11-13-21)30(2,3)4)14-23(18)34-29(37)35(5)27-22-15-25(38-6)26(39-7)16-24(22)31-17-32-27/h8-17H,1-7H3,(H,33,36)(H,34,37). The van der Waals surface area contributed by atoms with E-state index in [1.54, 1.807) is 44.5 Å². The number of urea groups is 1. The maximum absolute atomic E-state index is 13.3. The maximum atomic E-state index is 13.3. The van der Waals surface area contributed by atoms with Crippen molar-refractivity contribution < 1.29 is 19.1 Å². The van der Waals surface area contributed by atoms with Gasteiger partial charge in [0.05, 0.1) is 19.7 Å². The third kappa shape index (κ3) is 5.93. The Hall–Kier alpha value is -4.66. The van der Waals surface area contributed by atoms with Crippen LogP contribution in [0.15, 0.2) is 60.9 Å². The Balaban J connectivity index is 1.54. The maximum Gasteiger partial charge on any atom is 0.327 e. The molecule has 9 nitrogen and oxygen atoms in total. The van der Waals surface area contributed by atoms with E-state index < -0.39 is 6.03 Å². The predicted octanol–water partition coefficient (Wildman–Crippen LogP) is 6.17. The van der Waals surface area contributed by atoms with E-state index in [9.17, 15) is 9.59 Å². The molecule has 9 heteroatoms. The Morgan fingerprint density at radius 2 is 1.54 bits per heavy atom. The van der Waals surface area contributed by atoms with Crippen LogP contribution in [0.4, 0.5) is 22.0 Å². The van der Waals surface area contributed by atoms with Crippen molar-refractivity contribution in [3.63, 3.8) is 0 Å². The quantitative estimate of drug-likeness (QED) is 0.310. The number of carbonyl (C=O) groups is 2. The topological polar surface area (TPSA) is 106 Å². The summed E-state index contributed by atoms with van der Waals surface area (Å²) in [5, 5.41) is 6.44. The summed E-state index contributed by atoms with van der Waals surface area (Å²) in [5.41, 5.74) is 4.24. The van der Waals surface area contributed by atoms with Crippen molar-refractivity contribution in [1.29, 1.82) is 0 Å². The molecular formula is C30H33N5O4. The molecule has 0 bridgehead atoms. The van der Waals surface area contributed by atoms with Crippen LogP contribution in [-0.2, 0) is 5.41 Å². The normalized spacial score (nSPS) is 11.2. The molecule has 4 rings (SSSR count). The zero-order valence-electron chi connectivity index (χ0n) is 23.2. The van der Waals surface area contributed by atoms with E-state index in [-0.39, 0.29) is 11.3 Å². The molecule has 39 heavy (non-hydrogen) atoms. The summed E-state index contributed by atoms with van der Waals surface area (Å²) < 4.78 is 10.8. The van der Waals surface area contributed by atoms with Crippen molar-refractivity contribution in [2.75, 3.05) is 36.8 Å². The van der Waals surface area contributed by atoms with Gasteiger partial charge in [-0.25, -0.2) is 14.8 Å². The van der Waals surface area contributed by atoms with Gasteiger partial charge in [-0.05, 0) is 53.8 Å². The fourth-order valence-corrected chi connectivity index (χ4v) is 4.09. The Kier molecular flexibility index (Phi) is 7.71. The van der Waals surface area contributed by atoms with E-state index in [2.05, 4.69) is 41.4 Å². The van der Waals surface area contributed by atoms with Crippen LogP contribution in [0.5, 0.6) is 11.5 Å². The lowest BCUT2D eigenvalue weighted by molar-refractivity contribution is 0.102. The molecule has 0 saturated heterocycles. The smallest absolute Gasteiger partial charge is 0.327 e. The SMILES string of the molecule is COc1cc2ncnc(N(C)C(=O)Nc3cc(C(=O)Nc4ccc(C(C)(C)C)cc4)ccc3C)c2cc1OC. The third-order valence-electron chi connectivity index (χ3n) is 6.49. The molecule has 2 N–H and O–H groups in total. The zero-order chi connectivity index (χ0) is 28.3. The van der Waals surface area contributed by atoms with Gasteiger partial charge >= 0.3 is 6.03 Å². The molecule has 202 valence electrons. The minimum Gasteiger partial charge on any atom is -0.493 e. The summed E-state index contributed by atoms with van der Waals surface area (Å²) in [6, 6.07) is 16.0. The van der Waals surface area contributed by atoms with Gasteiger partial charge in [0.25, 0.3) is 5.91 Å². The highest BCUT2D eigenvalue weighted by atomic mass is 16.5. The number of nitrogens with zero attached hydrogens (tertiary/aromatic N) is 3. The number of fused-ring (bicyclic) bond motifs is 1. The highest BCUT2D eigenvalue weighted by Crippen LogP contribution is 2.34. The first kappa shape index (κ1) is 27.4. The average molecular weight is 528 g/mol. The fraction of sp³-hybridized carbons (Fsp3) is 0.267. The van der Waals surface area contributed by atoms with Crippen molar-refractivity contribution in [1.82, 2.24) is 9.97 Å². The van der Waals surface area contributed by atoms with Crippen LogP contribution >= 0.6 is 0 Å². The van der Waals surface area contributed by atoms with E-state index in [1.165, 1.54) is 23.9 Å². The summed E-state index contributed by atoms with van der Waals surface area (Å²) in [7, 11) is 4.70. The first-order valence-corrected chi connectivity index (χ1v) is 12.5. The number of nitrogens with one attached hydrogen (secondary N) is 2. The molecule has 1 aromatic heterocycles. The summed E-state index contributed by atoms with van der Waals surface area (Å²) >= 11 is 0. The highest BCUT2D eigenvalue weighted by molar-refractivity contribution is 6.08. The number of amides is 3. The number of hydrogen-bond donors (Lipinski definition) is 2. The molecule has 0 aliphatic carbocycles. The van der Waals surface area contributed by atoms with Crippen molar-refractivity contribution in [3.05, 3.63) is 77.6 Å². The van der Waals surface area contributed by atoms with Crippen LogP contribution in [0.1, 0.15) is 42.3 Å². The number of hydrogen-bond acceptors (Lipinski definition) is 6. The second kappa shape index (κ2) is 11.0. The van der Waals surface area contributed by atoms with Gasteiger partial charge in [-0.15, -0.1) is 0 Å². The lowest BCUT2D eigenvalue weighted by Crippen LogP contribution is -2.32. The summed E-state index contributed by atoms with van der Waals surface area (Å²) in [6.45, 7) is 8.28. The van der Waals surface area contributed by atoms with E-state index in [0.717, 1.165) is 5.56 Å². The number of benzene rings is 3. The van der Waals surface area contributed by atoms with Gasteiger partial charge < -0.3 is 20.1 Å². The van der Waals surface area contributed by atoms with E-state index in [4.69, 9.17) is 9.47 Å². The average Bonchev–Trinajstić information content (AvgIpc) is 2.92. The summed E-state index contributed by atoms with van der Waals surface area (Å²) in [6.07, 6.45) is 1.39. The fourth-order valence-electron chi connectivity index (χ4n) is 4.09. The van der Waals surface area contributed by atoms with Crippen LogP contribution in [-0.4, -0.2) is 43.2 Å². The molecule has 0 spiro atoms. The minimum absolute atomic E-state index is 0.0246. The Morgan fingerprint density at radius 3 is 2.18 bits per heavy atom. The molecule has 0 aliphatic heterocycles. The van der Waals surface area contributed by atoms with E-state index >= 15 is 0 Å². The lowest BCUT2D eigenvalue weighted by atomic mass is 9.87. The number of methoxy groups -OCH3 is 2. The van der Waals surface area contributed by atoms with Gasteiger partial charge in [0.2, 0.25) is 0 Å². The van der Waals surface area contributed by atoms with Gasteiger partial charge in [-0.2, -0.15) is 0 Å². The largest absolute Gasteiger partial charge is 0.493 e. The highest BCUT2D eigenvalue weighted by Gasteiger charge is 2.20. The van der Waals surface area contributed by atoms with Crippen LogP contribution < -0.4 is 25.0 Å². The van der Waals surface area contributed by atoms with E-state index in [1.807, 2.05) is 31.2 Å². The van der Waals surface area contributed by atoms with E-state index in [0.29, 0.717) is 45.2 Å². The van der Waals surface area contributed by atoms with Crippen molar-refractivity contribution >= 4 is 40.0 Å². The minimum atomic E-state index is -0.428. The first-order chi connectivity index (χ1) is 18.5. The number of aryl methyl sites for hydroxylation is 1. The van der Waals surface area contributed by atoms with Crippen molar-refractivity contribution in [2.24, 2.45) is 0 Å². The molecule has 0 atom stereocenters. The molecule has 3 amide bonds. The van der Waals surface area contributed by atoms with Crippen molar-refractivity contribution in [2.45, 2.75) is 33.1 Å². The molecule has 0 aliphatic rings. The van der Waals surface area contributed by atoms with Crippen LogP contribution in [0.25, 0.3) is 10.9 Å². The molecular weight excluding hydrogens is 494 g/mol. The second-order valence-electron chi connectivity index (χ2n) is 10.2. The van der Waals surface area contributed by atoms with Crippen LogP contribution in [0.3, 0.4) is 0 Å². The molecule has 4 aromatic rings. The van der Waals surface area contributed by atoms with Gasteiger partial charge in [0.1, 0.15) is 12.1 Å². The lowest BCUT2D eigenvalue weighted by Gasteiger charge is -2.20. The Morgan fingerprint density at radius 1 is 0.872 bits per heavy atom. The molecule has 1 heterocycles. The number of carbonyl (C=O) groups excluding carboxylic acids is 2. The number of ether oxygens (including phenoxy) is 2. The van der Waals surface area contributed by atoms with Crippen LogP contribution in [0, 0.1) is 6.92 Å². The Labute approximate surface area is 228 Å². The summed E-state index contributed by atoms with van der Waals surface area (Å²) in [4.78, 5) is 36.3. The predicted molar refractivity (Wildman–Crippen MR) is 154 cm³/mol. The van der Waals surface area contributed by atoms with Crippen molar-refractivity contribution in [3.8, 4) is 11.5 Å². The molecule has 0 unspecified atom stereocenters. The number of aromatic nitrogens is 2. The molecule has 0 radical (unpaired) electrons. The van der Waals surface area contributed by atoms with Gasteiger partial charge in [-0.1, -0.05) is 39.0 Å². The molecule has 0 fully saturated rings. The number of anilines is 3. The molecule has 3 aromatic carbocycles. The molecule has 0 saturated carbocycles. The first-order valence-electron chi connectivity index (χ1n) is 12.5. The van der Waals surface area contributed by atoms with Gasteiger partial charge in [0.15, 0.2) is 11.5 Å². The van der Waals surface area contributed by atoms with Gasteiger partial charge in [-0.3, -0.25) is 9.69 Å². The Bertz CT molecular complexity index is 1530.